The molecule has 0 aliphatic heterocycles. The second-order valence-corrected chi connectivity index (χ2v) is 5.03. The Balaban J connectivity index is 2.04. The second kappa shape index (κ2) is 6.39. The van der Waals surface area contributed by atoms with Gasteiger partial charge in [-0.25, -0.2) is 4.39 Å². The summed E-state index contributed by atoms with van der Waals surface area (Å²) in [5.74, 6) is -0.0676. The first-order valence-electron chi connectivity index (χ1n) is 6.76. The Kier molecular flexibility index (Phi) is 4.58. The van der Waals surface area contributed by atoms with Crippen molar-refractivity contribution in [2.45, 2.75) is 26.9 Å². The maximum atomic E-state index is 13.2. The van der Waals surface area contributed by atoms with Crippen LogP contribution in [-0.2, 0) is 4.79 Å². The molecular weight excluding hydrogens is 269 g/mol. The van der Waals surface area contributed by atoms with E-state index in [0.29, 0.717) is 11.4 Å². The zero-order chi connectivity index (χ0) is 15.4. The highest BCUT2D eigenvalue weighted by Crippen LogP contribution is 2.18. The highest BCUT2D eigenvalue weighted by Gasteiger charge is 2.16. The van der Waals surface area contributed by atoms with Gasteiger partial charge in [-0.15, -0.1) is 0 Å². The van der Waals surface area contributed by atoms with E-state index < -0.39 is 6.10 Å². The molecule has 3 nitrogen and oxygen atoms in total. The number of amides is 1. The van der Waals surface area contributed by atoms with Gasteiger partial charge in [0.25, 0.3) is 5.91 Å². The van der Waals surface area contributed by atoms with Crippen LogP contribution in [0, 0.1) is 19.7 Å². The molecular formula is C17H18FNO2. The van der Waals surface area contributed by atoms with Crippen molar-refractivity contribution in [2.24, 2.45) is 0 Å². The lowest BCUT2D eigenvalue weighted by Crippen LogP contribution is -2.30. The standard InChI is InChI=1S/C17H18FNO2/c1-11-5-4-6-15(9-11)21-13(3)17(20)19-16-10-14(18)8-7-12(16)2/h4-10,13H,1-3H3,(H,19,20). The highest BCUT2D eigenvalue weighted by molar-refractivity contribution is 5.94. The molecule has 1 amide bonds. The number of hydrogen-bond acceptors (Lipinski definition) is 2. The minimum absolute atomic E-state index is 0.315. The van der Waals surface area contributed by atoms with Crippen LogP contribution in [0.5, 0.6) is 5.75 Å². The molecule has 0 bridgehead atoms. The molecule has 0 spiro atoms. The third-order valence-corrected chi connectivity index (χ3v) is 3.13. The summed E-state index contributed by atoms with van der Waals surface area (Å²) >= 11 is 0. The van der Waals surface area contributed by atoms with Crippen molar-refractivity contribution in [3.8, 4) is 5.75 Å². The molecule has 2 rings (SSSR count). The third-order valence-electron chi connectivity index (χ3n) is 3.13. The minimum atomic E-state index is -0.672. The molecule has 0 aromatic heterocycles. The topological polar surface area (TPSA) is 38.3 Å². The van der Waals surface area contributed by atoms with E-state index in [2.05, 4.69) is 5.32 Å². The fourth-order valence-corrected chi connectivity index (χ4v) is 1.91. The molecule has 0 fully saturated rings. The lowest BCUT2D eigenvalue weighted by atomic mass is 10.2. The van der Waals surface area contributed by atoms with E-state index >= 15 is 0 Å². The van der Waals surface area contributed by atoms with Gasteiger partial charge in [0.1, 0.15) is 11.6 Å². The normalized spacial score (nSPS) is 11.8. The monoisotopic (exact) mass is 287 g/mol. The number of anilines is 1. The van der Waals surface area contributed by atoms with E-state index in [-0.39, 0.29) is 11.7 Å². The summed E-state index contributed by atoms with van der Waals surface area (Å²) in [6, 6.07) is 11.8. The van der Waals surface area contributed by atoms with E-state index in [1.165, 1.54) is 12.1 Å². The fraction of sp³-hybridized carbons (Fsp3) is 0.235. The van der Waals surface area contributed by atoms with Crippen LogP contribution in [0.1, 0.15) is 18.1 Å². The van der Waals surface area contributed by atoms with Gasteiger partial charge in [-0.05, 0) is 56.2 Å². The van der Waals surface area contributed by atoms with Crippen LogP contribution in [0.2, 0.25) is 0 Å². The van der Waals surface area contributed by atoms with Crippen LogP contribution in [0.4, 0.5) is 10.1 Å². The molecule has 0 aliphatic rings. The zero-order valence-corrected chi connectivity index (χ0v) is 12.3. The van der Waals surface area contributed by atoms with Gasteiger partial charge in [0.05, 0.1) is 0 Å². The summed E-state index contributed by atoms with van der Waals surface area (Å²) in [6.45, 7) is 5.42. The van der Waals surface area contributed by atoms with Gasteiger partial charge >= 0.3 is 0 Å². The van der Waals surface area contributed by atoms with Gasteiger partial charge in [-0.3, -0.25) is 4.79 Å². The van der Waals surface area contributed by atoms with Crippen LogP contribution < -0.4 is 10.1 Å². The maximum absolute atomic E-state index is 13.2. The molecule has 0 saturated heterocycles. The summed E-state index contributed by atoms with van der Waals surface area (Å²) in [5.41, 5.74) is 2.31. The van der Waals surface area contributed by atoms with Gasteiger partial charge in [0.15, 0.2) is 6.10 Å². The smallest absolute Gasteiger partial charge is 0.265 e. The van der Waals surface area contributed by atoms with Crippen molar-refractivity contribution in [3.63, 3.8) is 0 Å². The Hall–Kier alpha value is -2.36. The lowest BCUT2D eigenvalue weighted by molar-refractivity contribution is -0.122. The number of carbonyl (C=O) groups is 1. The van der Waals surface area contributed by atoms with Crippen LogP contribution in [0.3, 0.4) is 0 Å². The summed E-state index contributed by atoms with van der Waals surface area (Å²) in [7, 11) is 0. The summed E-state index contributed by atoms with van der Waals surface area (Å²) in [4.78, 5) is 12.1. The molecule has 1 atom stereocenters. The third kappa shape index (κ3) is 4.05. The Bertz CT molecular complexity index is 655. The molecule has 0 radical (unpaired) electrons. The minimum Gasteiger partial charge on any atom is -0.481 e. The molecule has 2 aromatic carbocycles. The van der Waals surface area contributed by atoms with Crippen molar-refractivity contribution in [2.75, 3.05) is 5.32 Å². The van der Waals surface area contributed by atoms with E-state index in [9.17, 15) is 9.18 Å². The number of halogens is 1. The first-order valence-corrected chi connectivity index (χ1v) is 6.76. The molecule has 1 unspecified atom stereocenters. The number of nitrogens with one attached hydrogen (secondary N) is 1. The van der Waals surface area contributed by atoms with Gasteiger partial charge in [-0.1, -0.05) is 18.2 Å². The maximum Gasteiger partial charge on any atom is 0.265 e. The molecule has 110 valence electrons. The molecule has 4 heteroatoms. The summed E-state index contributed by atoms with van der Waals surface area (Å²) in [5, 5.41) is 2.68. The van der Waals surface area contributed by atoms with Crippen molar-refractivity contribution in [1.82, 2.24) is 0 Å². The van der Waals surface area contributed by atoms with Crippen LogP contribution in [-0.4, -0.2) is 12.0 Å². The van der Waals surface area contributed by atoms with Gasteiger partial charge < -0.3 is 10.1 Å². The quantitative estimate of drug-likeness (QED) is 0.927. The highest BCUT2D eigenvalue weighted by atomic mass is 19.1. The molecule has 0 saturated carbocycles. The van der Waals surface area contributed by atoms with E-state index in [1.54, 1.807) is 26.0 Å². The first-order chi connectivity index (χ1) is 9.95. The average Bonchev–Trinajstić information content (AvgIpc) is 2.43. The average molecular weight is 287 g/mol. The Labute approximate surface area is 123 Å². The predicted octanol–water partition coefficient (Wildman–Crippen LogP) is 3.85. The number of rotatable bonds is 4. The van der Waals surface area contributed by atoms with Gasteiger partial charge in [0.2, 0.25) is 0 Å². The summed E-state index contributed by atoms with van der Waals surface area (Å²) in [6.07, 6.45) is -0.672. The van der Waals surface area contributed by atoms with Crippen LogP contribution in [0.15, 0.2) is 42.5 Å². The lowest BCUT2D eigenvalue weighted by Gasteiger charge is -2.16. The first kappa shape index (κ1) is 15.0. The molecule has 21 heavy (non-hydrogen) atoms. The number of ether oxygens (including phenoxy) is 1. The van der Waals surface area contributed by atoms with E-state index in [1.807, 2.05) is 25.1 Å². The van der Waals surface area contributed by atoms with Crippen LogP contribution in [0.25, 0.3) is 0 Å². The molecule has 0 aliphatic carbocycles. The van der Waals surface area contributed by atoms with Crippen molar-refractivity contribution in [3.05, 3.63) is 59.4 Å². The van der Waals surface area contributed by atoms with Crippen molar-refractivity contribution >= 4 is 11.6 Å². The van der Waals surface area contributed by atoms with Gasteiger partial charge in [-0.2, -0.15) is 0 Å². The van der Waals surface area contributed by atoms with E-state index in [4.69, 9.17) is 4.74 Å². The predicted molar refractivity (Wildman–Crippen MR) is 81.0 cm³/mol. The Morgan fingerprint density at radius 1 is 1.19 bits per heavy atom. The van der Waals surface area contributed by atoms with Gasteiger partial charge in [0, 0.05) is 5.69 Å². The second-order valence-electron chi connectivity index (χ2n) is 5.03. The summed E-state index contributed by atoms with van der Waals surface area (Å²) < 4.78 is 18.8. The Morgan fingerprint density at radius 3 is 2.67 bits per heavy atom. The number of aryl methyl sites for hydroxylation is 2. The number of hydrogen-bond donors (Lipinski definition) is 1. The van der Waals surface area contributed by atoms with E-state index in [0.717, 1.165) is 11.1 Å². The number of carbonyl (C=O) groups excluding carboxylic acids is 1. The fourth-order valence-electron chi connectivity index (χ4n) is 1.91. The Morgan fingerprint density at radius 2 is 1.95 bits per heavy atom. The number of benzene rings is 2. The molecule has 1 N–H and O–H groups in total. The van der Waals surface area contributed by atoms with Crippen LogP contribution >= 0.6 is 0 Å². The van der Waals surface area contributed by atoms with Crippen molar-refractivity contribution in [1.29, 1.82) is 0 Å². The molecule has 0 heterocycles. The zero-order valence-electron chi connectivity index (χ0n) is 12.3. The molecule has 2 aromatic rings. The largest absolute Gasteiger partial charge is 0.481 e. The SMILES string of the molecule is Cc1cccc(OC(C)C(=O)Nc2cc(F)ccc2C)c1. The van der Waals surface area contributed by atoms with Crippen molar-refractivity contribution < 1.29 is 13.9 Å².